The first kappa shape index (κ1) is 16.6. The van der Waals surface area contributed by atoms with Gasteiger partial charge < -0.3 is 10.1 Å². The van der Waals surface area contributed by atoms with Gasteiger partial charge in [-0.25, -0.2) is 0 Å². The van der Waals surface area contributed by atoms with Crippen molar-refractivity contribution in [2.45, 2.75) is 26.4 Å². The number of nitrogens with one attached hydrogen (secondary N) is 1. The highest BCUT2D eigenvalue weighted by atomic mass is 79.9. The Hall–Kier alpha value is -1.47. The van der Waals surface area contributed by atoms with Crippen LogP contribution in [0, 0.1) is 17.0 Å². The fraction of sp³-hybridized carbons (Fsp3) is 0.462. The molecule has 0 aliphatic heterocycles. The van der Waals surface area contributed by atoms with Crippen molar-refractivity contribution in [3.8, 4) is 0 Å². The maximum absolute atomic E-state index is 12.1. The van der Waals surface area contributed by atoms with Crippen LogP contribution in [0.3, 0.4) is 0 Å². The Morgan fingerprint density at radius 3 is 2.60 bits per heavy atom. The van der Waals surface area contributed by atoms with Crippen molar-refractivity contribution in [2.24, 2.45) is 0 Å². The molecule has 1 N–H and O–H groups in total. The van der Waals surface area contributed by atoms with Crippen molar-refractivity contribution < 1.29 is 14.5 Å². The maximum atomic E-state index is 12.1. The SMILES string of the molecule is COC(C)(C)CNC(=O)c1cc(Br)cc([N+](=O)[O-])c1C. The first-order valence-corrected chi connectivity index (χ1v) is 6.75. The van der Waals surface area contributed by atoms with Gasteiger partial charge in [0.2, 0.25) is 0 Å². The van der Waals surface area contributed by atoms with Crippen LogP contribution in [-0.2, 0) is 4.74 Å². The maximum Gasteiger partial charge on any atom is 0.274 e. The van der Waals surface area contributed by atoms with E-state index < -0.39 is 10.5 Å². The lowest BCUT2D eigenvalue weighted by Crippen LogP contribution is -2.39. The quantitative estimate of drug-likeness (QED) is 0.657. The lowest BCUT2D eigenvalue weighted by Gasteiger charge is -2.23. The van der Waals surface area contributed by atoms with Crippen LogP contribution in [0.2, 0.25) is 0 Å². The Kier molecular flexibility index (Phi) is 5.24. The van der Waals surface area contributed by atoms with Gasteiger partial charge in [0.1, 0.15) is 0 Å². The van der Waals surface area contributed by atoms with Crippen molar-refractivity contribution in [3.05, 3.63) is 37.8 Å². The van der Waals surface area contributed by atoms with Gasteiger partial charge in [0, 0.05) is 29.8 Å². The second-order valence-corrected chi connectivity index (χ2v) is 5.92. The zero-order valence-electron chi connectivity index (χ0n) is 11.8. The summed E-state index contributed by atoms with van der Waals surface area (Å²) in [5.41, 5.74) is 0.0287. The van der Waals surface area contributed by atoms with Crippen molar-refractivity contribution in [1.82, 2.24) is 5.32 Å². The number of nitro benzene ring substituents is 1. The molecule has 0 aromatic heterocycles. The molecule has 1 aromatic rings. The van der Waals surface area contributed by atoms with E-state index in [1.165, 1.54) is 6.07 Å². The third-order valence-electron chi connectivity index (χ3n) is 3.01. The topological polar surface area (TPSA) is 81.5 Å². The van der Waals surface area contributed by atoms with Gasteiger partial charge in [0.15, 0.2) is 0 Å². The van der Waals surface area contributed by atoms with Crippen LogP contribution in [0.15, 0.2) is 16.6 Å². The molecule has 0 saturated heterocycles. The highest BCUT2D eigenvalue weighted by Gasteiger charge is 2.22. The van der Waals surface area contributed by atoms with Crippen molar-refractivity contribution in [2.75, 3.05) is 13.7 Å². The van der Waals surface area contributed by atoms with E-state index in [1.807, 2.05) is 13.8 Å². The summed E-state index contributed by atoms with van der Waals surface area (Å²) < 4.78 is 5.70. The minimum absolute atomic E-state index is 0.0875. The van der Waals surface area contributed by atoms with Gasteiger partial charge in [-0.3, -0.25) is 14.9 Å². The summed E-state index contributed by atoms with van der Waals surface area (Å²) in [6.45, 7) is 5.54. The summed E-state index contributed by atoms with van der Waals surface area (Å²) in [5.74, 6) is -0.364. The van der Waals surface area contributed by atoms with Crippen LogP contribution in [0.25, 0.3) is 0 Å². The summed E-state index contributed by atoms with van der Waals surface area (Å²) in [4.78, 5) is 22.6. The number of nitro groups is 1. The lowest BCUT2D eigenvalue weighted by atomic mass is 10.1. The number of halogens is 1. The summed E-state index contributed by atoms with van der Waals surface area (Å²) in [5, 5.41) is 13.7. The fourth-order valence-corrected chi connectivity index (χ4v) is 2.00. The zero-order valence-corrected chi connectivity index (χ0v) is 13.4. The van der Waals surface area contributed by atoms with Gasteiger partial charge in [0.25, 0.3) is 11.6 Å². The van der Waals surface area contributed by atoms with Gasteiger partial charge in [0.05, 0.1) is 16.1 Å². The second-order valence-electron chi connectivity index (χ2n) is 5.00. The number of carbonyl (C=O) groups excluding carboxylic acids is 1. The zero-order chi connectivity index (χ0) is 15.5. The molecule has 1 aromatic carbocycles. The van der Waals surface area contributed by atoms with Gasteiger partial charge in [-0.05, 0) is 26.8 Å². The highest BCUT2D eigenvalue weighted by molar-refractivity contribution is 9.10. The van der Waals surface area contributed by atoms with Crippen LogP contribution in [0.1, 0.15) is 29.8 Å². The standard InChI is InChI=1S/C13H17BrN2O4/c1-8-10(5-9(14)6-11(8)16(18)19)12(17)15-7-13(2,3)20-4/h5-6H,7H2,1-4H3,(H,15,17). The van der Waals surface area contributed by atoms with Crippen LogP contribution in [-0.4, -0.2) is 30.1 Å². The molecule has 20 heavy (non-hydrogen) atoms. The molecule has 0 spiro atoms. The number of nitrogens with zero attached hydrogens (tertiary/aromatic N) is 1. The molecular formula is C13H17BrN2O4. The molecule has 0 radical (unpaired) electrons. The fourth-order valence-electron chi connectivity index (χ4n) is 1.55. The molecule has 0 saturated carbocycles. The first-order valence-electron chi connectivity index (χ1n) is 5.96. The van der Waals surface area contributed by atoms with Crippen molar-refractivity contribution >= 4 is 27.5 Å². The second kappa shape index (κ2) is 6.32. The van der Waals surface area contributed by atoms with E-state index in [2.05, 4.69) is 21.2 Å². The Balaban J connectivity index is 3.02. The van der Waals surface area contributed by atoms with E-state index in [-0.39, 0.29) is 17.2 Å². The molecule has 110 valence electrons. The number of benzene rings is 1. The Labute approximate surface area is 125 Å². The smallest absolute Gasteiger partial charge is 0.274 e. The monoisotopic (exact) mass is 344 g/mol. The minimum atomic E-state index is -0.504. The molecule has 0 bridgehead atoms. The predicted molar refractivity (Wildman–Crippen MR) is 79.0 cm³/mol. The normalized spacial score (nSPS) is 11.2. The third kappa shape index (κ3) is 4.01. The average molecular weight is 345 g/mol. The summed E-state index contributed by atoms with van der Waals surface area (Å²) in [7, 11) is 1.56. The molecule has 7 heteroatoms. The molecule has 6 nitrogen and oxygen atoms in total. The van der Waals surface area contributed by atoms with Crippen LogP contribution >= 0.6 is 15.9 Å². The molecule has 0 aliphatic rings. The van der Waals surface area contributed by atoms with Gasteiger partial charge in [-0.1, -0.05) is 15.9 Å². The van der Waals surface area contributed by atoms with E-state index in [4.69, 9.17) is 4.74 Å². The molecule has 0 aliphatic carbocycles. The number of ether oxygens (including phenoxy) is 1. The summed E-state index contributed by atoms with van der Waals surface area (Å²) in [6, 6.07) is 2.95. The molecule has 0 unspecified atom stereocenters. The summed E-state index contributed by atoms with van der Waals surface area (Å²) >= 11 is 3.18. The Morgan fingerprint density at radius 1 is 1.50 bits per heavy atom. The molecule has 1 rings (SSSR count). The molecule has 0 heterocycles. The number of carbonyl (C=O) groups is 1. The van der Waals surface area contributed by atoms with E-state index >= 15 is 0 Å². The number of hydrogen-bond acceptors (Lipinski definition) is 4. The molecule has 1 amide bonds. The Bertz CT molecular complexity index is 543. The van der Waals surface area contributed by atoms with Crippen LogP contribution in [0.5, 0.6) is 0 Å². The average Bonchev–Trinajstić information content (AvgIpc) is 2.38. The van der Waals surface area contributed by atoms with E-state index in [0.717, 1.165) is 0 Å². The lowest BCUT2D eigenvalue weighted by molar-refractivity contribution is -0.385. The van der Waals surface area contributed by atoms with E-state index in [0.29, 0.717) is 16.6 Å². The molecule has 0 atom stereocenters. The van der Waals surface area contributed by atoms with E-state index in [9.17, 15) is 14.9 Å². The molecule has 0 fully saturated rings. The van der Waals surface area contributed by atoms with E-state index in [1.54, 1.807) is 20.1 Å². The highest BCUT2D eigenvalue weighted by Crippen LogP contribution is 2.26. The van der Waals surface area contributed by atoms with Gasteiger partial charge in [-0.15, -0.1) is 0 Å². The number of hydrogen-bond donors (Lipinski definition) is 1. The van der Waals surface area contributed by atoms with Gasteiger partial charge >= 0.3 is 0 Å². The van der Waals surface area contributed by atoms with Crippen molar-refractivity contribution in [1.29, 1.82) is 0 Å². The van der Waals surface area contributed by atoms with Crippen LogP contribution < -0.4 is 5.32 Å². The number of rotatable bonds is 5. The number of methoxy groups -OCH3 is 1. The largest absolute Gasteiger partial charge is 0.377 e. The van der Waals surface area contributed by atoms with Gasteiger partial charge in [-0.2, -0.15) is 0 Å². The predicted octanol–water partition coefficient (Wildman–Crippen LogP) is 2.82. The minimum Gasteiger partial charge on any atom is -0.377 e. The van der Waals surface area contributed by atoms with Crippen molar-refractivity contribution in [3.63, 3.8) is 0 Å². The molecular weight excluding hydrogens is 328 g/mol. The first-order chi connectivity index (χ1) is 9.18. The summed E-state index contributed by atoms with van der Waals surface area (Å²) in [6.07, 6.45) is 0. The number of amides is 1. The van der Waals surface area contributed by atoms with Crippen LogP contribution in [0.4, 0.5) is 5.69 Å². The third-order valence-corrected chi connectivity index (χ3v) is 3.47. The Morgan fingerprint density at radius 2 is 2.10 bits per heavy atom.